The summed E-state index contributed by atoms with van der Waals surface area (Å²) in [7, 11) is 1.86. The molecule has 2 amide bonds. The summed E-state index contributed by atoms with van der Waals surface area (Å²) in [5.74, 6) is 0. The minimum absolute atomic E-state index is 0.0997. The van der Waals surface area contributed by atoms with Gasteiger partial charge in [-0.1, -0.05) is 6.92 Å². The number of aromatic nitrogens is 2. The number of fused-ring (bicyclic) bond motifs is 1. The fourth-order valence-electron chi connectivity index (χ4n) is 2.76. The van der Waals surface area contributed by atoms with Crippen LogP contribution in [-0.2, 0) is 12.8 Å². The molecule has 0 radical (unpaired) electrons. The van der Waals surface area contributed by atoms with Crippen molar-refractivity contribution < 1.29 is 4.79 Å². The highest BCUT2D eigenvalue weighted by atomic mass is 32.1. The van der Waals surface area contributed by atoms with E-state index >= 15 is 0 Å². The molecular formula is C16H20N4OS. The topological polar surface area (TPSA) is 58.1 Å². The molecule has 1 aliphatic rings. The summed E-state index contributed by atoms with van der Waals surface area (Å²) in [4.78, 5) is 24.2. The molecule has 6 heteroatoms. The molecule has 2 heterocycles. The van der Waals surface area contributed by atoms with Gasteiger partial charge >= 0.3 is 6.03 Å². The van der Waals surface area contributed by atoms with Gasteiger partial charge in [0.15, 0.2) is 0 Å². The van der Waals surface area contributed by atoms with Gasteiger partial charge in [-0.05, 0) is 37.8 Å². The number of urea groups is 1. The van der Waals surface area contributed by atoms with Crippen molar-refractivity contribution in [2.45, 2.75) is 38.6 Å². The number of rotatable bonds is 3. The Morgan fingerprint density at radius 3 is 3.14 bits per heavy atom. The zero-order valence-electron chi connectivity index (χ0n) is 12.9. The maximum atomic E-state index is 12.5. The van der Waals surface area contributed by atoms with Crippen LogP contribution in [0.4, 0.5) is 10.5 Å². The molecule has 0 aliphatic heterocycles. The second-order valence-corrected chi connectivity index (χ2v) is 6.58. The third kappa shape index (κ3) is 2.97. The summed E-state index contributed by atoms with van der Waals surface area (Å²) < 4.78 is 0. The lowest BCUT2D eigenvalue weighted by molar-refractivity contribution is 0.198. The van der Waals surface area contributed by atoms with Gasteiger partial charge in [-0.2, -0.15) is 0 Å². The average molecular weight is 316 g/mol. The van der Waals surface area contributed by atoms with Gasteiger partial charge in [0.25, 0.3) is 0 Å². The van der Waals surface area contributed by atoms with Crippen LogP contribution in [0.25, 0.3) is 0 Å². The maximum Gasteiger partial charge on any atom is 0.322 e. The Kier molecular flexibility index (Phi) is 4.38. The zero-order valence-corrected chi connectivity index (χ0v) is 13.7. The standard InChI is InChI=1S/C16H20N4OS/c1-3-14-19-12-7-4-8-13(15(12)22-14)20(2)16(21)18-11-6-5-9-17-10-11/h5-6,9-10,13H,3-4,7-8H2,1-2H3,(H,18,21)/t13-/m0/s1. The molecule has 0 spiro atoms. The number of thiazole rings is 1. The fourth-order valence-corrected chi connectivity index (χ4v) is 3.99. The summed E-state index contributed by atoms with van der Waals surface area (Å²) in [6.45, 7) is 2.12. The molecular weight excluding hydrogens is 296 g/mol. The average Bonchev–Trinajstić information content (AvgIpc) is 2.98. The quantitative estimate of drug-likeness (QED) is 0.940. The van der Waals surface area contributed by atoms with E-state index in [1.807, 2.05) is 19.2 Å². The highest BCUT2D eigenvalue weighted by molar-refractivity contribution is 7.11. The smallest absolute Gasteiger partial charge is 0.320 e. The van der Waals surface area contributed by atoms with Crippen LogP contribution >= 0.6 is 11.3 Å². The molecule has 2 aromatic rings. The van der Waals surface area contributed by atoms with E-state index < -0.39 is 0 Å². The number of pyridine rings is 1. The molecule has 0 saturated heterocycles. The van der Waals surface area contributed by atoms with Gasteiger partial charge < -0.3 is 10.2 Å². The molecule has 3 rings (SSSR count). The van der Waals surface area contributed by atoms with Crippen molar-refractivity contribution in [3.8, 4) is 0 Å². The summed E-state index contributed by atoms with van der Waals surface area (Å²) in [5.41, 5.74) is 1.90. The number of aryl methyl sites for hydroxylation is 2. The number of hydrogen-bond acceptors (Lipinski definition) is 4. The summed E-state index contributed by atoms with van der Waals surface area (Å²) in [5, 5.41) is 4.06. The Balaban J connectivity index is 1.76. The van der Waals surface area contributed by atoms with Crippen molar-refractivity contribution in [1.82, 2.24) is 14.9 Å². The second-order valence-electron chi connectivity index (χ2n) is 5.46. The van der Waals surface area contributed by atoms with E-state index in [1.54, 1.807) is 28.6 Å². The van der Waals surface area contributed by atoms with E-state index in [1.165, 1.54) is 10.6 Å². The van der Waals surface area contributed by atoms with Crippen molar-refractivity contribution in [1.29, 1.82) is 0 Å². The summed E-state index contributed by atoms with van der Waals surface area (Å²) in [6.07, 6.45) is 7.40. The predicted molar refractivity (Wildman–Crippen MR) is 88.2 cm³/mol. The second kappa shape index (κ2) is 6.44. The van der Waals surface area contributed by atoms with Crippen LogP contribution in [-0.4, -0.2) is 27.9 Å². The van der Waals surface area contributed by atoms with Crippen molar-refractivity contribution in [2.24, 2.45) is 0 Å². The van der Waals surface area contributed by atoms with E-state index in [-0.39, 0.29) is 12.1 Å². The van der Waals surface area contributed by atoms with Gasteiger partial charge in [-0.3, -0.25) is 4.98 Å². The molecule has 0 aromatic carbocycles. The Hall–Kier alpha value is -1.95. The number of hydrogen-bond donors (Lipinski definition) is 1. The lowest BCUT2D eigenvalue weighted by Crippen LogP contribution is -2.36. The highest BCUT2D eigenvalue weighted by Gasteiger charge is 2.29. The number of amides is 2. The van der Waals surface area contributed by atoms with E-state index in [9.17, 15) is 4.79 Å². The molecule has 1 aliphatic carbocycles. The molecule has 22 heavy (non-hydrogen) atoms. The lowest BCUT2D eigenvalue weighted by Gasteiger charge is -2.30. The van der Waals surface area contributed by atoms with Crippen molar-refractivity contribution in [2.75, 3.05) is 12.4 Å². The van der Waals surface area contributed by atoms with E-state index in [2.05, 4.69) is 17.2 Å². The van der Waals surface area contributed by atoms with Crippen LogP contribution in [0.5, 0.6) is 0 Å². The number of nitrogens with zero attached hydrogens (tertiary/aromatic N) is 3. The number of carbonyl (C=O) groups is 1. The van der Waals surface area contributed by atoms with Gasteiger partial charge in [-0.25, -0.2) is 9.78 Å². The van der Waals surface area contributed by atoms with Gasteiger partial charge in [0.1, 0.15) is 0 Å². The van der Waals surface area contributed by atoms with Gasteiger partial charge in [0, 0.05) is 13.2 Å². The Morgan fingerprint density at radius 2 is 2.41 bits per heavy atom. The van der Waals surface area contributed by atoms with Crippen LogP contribution in [0.3, 0.4) is 0 Å². The summed E-state index contributed by atoms with van der Waals surface area (Å²) >= 11 is 1.75. The molecule has 0 saturated carbocycles. The first-order valence-corrected chi connectivity index (χ1v) is 8.43. The molecule has 1 N–H and O–H groups in total. The van der Waals surface area contributed by atoms with Crippen molar-refractivity contribution in [3.63, 3.8) is 0 Å². The molecule has 0 fully saturated rings. The normalized spacial score (nSPS) is 16.9. The fraction of sp³-hybridized carbons (Fsp3) is 0.438. The Labute approximate surface area is 134 Å². The molecule has 116 valence electrons. The van der Waals surface area contributed by atoms with E-state index in [0.717, 1.165) is 30.7 Å². The van der Waals surface area contributed by atoms with Gasteiger partial charge in [-0.15, -0.1) is 11.3 Å². The minimum atomic E-state index is -0.0997. The van der Waals surface area contributed by atoms with E-state index in [4.69, 9.17) is 4.98 Å². The predicted octanol–water partition coefficient (Wildman–Crippen LogP) is 3.64. The minimum Gasteiger partial charge on any atom is -0.320 e. The first-order valence-electron chi connectivity index (χ1n) is 7.61. The third-order valence-corrected chi connectivity index (χ3v) is 5.31. The van der Waals surface area contributed by atoms with Crippen LogP contribution in [0.15, 0.2) is 24.5 Å². The first-order chi connectivity index (χ1) is 10.7. The number of carbonyl (C=O) groups excluding carboxylic acids is 1. The van der Waals surface area contributed by atoms with Crippen molar-refractivity contribution >= 4 is 23.1 Å². The Morgan fingerprint density at radius 1 is 1.55 bits per heavy atom. The zero-order chi connectivity index (χ0) is 15.5. The SMILES string of the molecule is CCc1nc2c(s1)[C@@H](N(C)C(=O)Nc1cccnc1)CCC2. The largest absolute Gasteiger partial charge is 0.322 e. The first kappa shape index (κ1) is 15.0. The van der Waals surface area contributed by atoms with Crippen LogP contribution in [0.1, 0.15) is 41.4 Å². The monoisotopic (exact) mass is 316 g/mol. The van der Waals surface area contributed by atoms with Crippen LogP contribution in [0, 0.1) is 0 Å². The van der Waals surface area contributed by atoms with Crippen molar-refractivity contribution in [3.05, 3.63) is 40.1 Å². The number of nitrogens with one attached hydrogen (secondary N) is 1. The third-order valence-electron chi connectivity index (χ3n) is 3.97. The highest BCUT2D eigenvalue weighted by Crippen LogP contribution is 2.37. The Bertz CT molecular complexity index is 655. The molecule has 0 unspecified atom stereocenters. The number of anilines is 1. The van der Waals surface area contributed by atoms with E-state index in [0.29, 0.717) is 5.69 Å². The maximum absolute atomic E-state index is 12.5. The molecule has 2 aromatic heterocycles. The van der Waals surface area contributed by atoms with Gasteiger partial charge in [0.05, 0.1) is 33.5 Å². The molecule has 1 atom stereocenters. The van der Waals surface area contributed by atoms with Gasteiger partial charge in [0.2, 0.25) is 0 Å². The molecule has 5 nitrogen and oxygen atoms in total. The summed E-state index contributed by atoms with van der Waals surface area (Å²) in [6, 6.07) is 3.67. The molecule has 0 bridgehead atoms. The van der Waals surface area contributed by atoms with Crippen LogP contribution < -0.4 is 5.32 Å². The lowest BCUT2D eigenvalue weighted by atomic mass is 9.97. The van der Waals surface area contributed by atoms with Crippen LogP contribution in [0.2, 0.25) is 0 Å².